The highest BCUT2D eigenvalue weighted by atomic mass is 16.2. The SMILES string of the molecule is CCc1c(-c2ccnc(C)c2)[nH]c2ccc(C3CCN(C(=O)[C@@H]4CCCN4)CC3)cc12. The van der Waals surface area contributed by atoms with Crippen molar-refractivity contribution in [1.29, 1.82) is 0 Å². The molecule has 0 unspecified atom stereocenters. The van der Waals surface area contributed by atoms with E-state index in [9.17, 15) is 4.79 Å². The zero-order valence-corrected chi connectivity index (χ0v) is 18.6. The van der Waals surface area contributed by atoms with E-state index in [-0.39, 0.29) is 6.04 Å². The molecule has 1 atom stereocenters. The first-order valence-electron chi connectivity index (χ1n) is 11.7. The summed E-state index contributed by atoms with van der Waals surface area (Å²) in [5.41, 5.74) is 7.43. The van der Waals surface area contributed by atoms with Gasteiger partial charge in [0.05, 0.1) is 6.04 Å². The molecule has 2 aliphatic heterocycles. The van der Waals surface area contributed by atoms with Crippen LogP contribution in [0.1, 0.15) is 55.3 Å². The number of nitrogens with zero attached hydrogens (tertiary/aromatic N) is 2. The molecule has 5 rings (SSSR count). The highest BCUT2D eigenvalue weighted by molar-refractivity contribution is 5.91. The van der Waals surface area contributed by atoms with Gasteiger partial charge in [0.2, 0.25) is 5.91 Å². The van der Waals surface area contributed by atoms with E-state index >= 15 is 0 Å². The molecular formula is C26H32N4O. The number of fused-ring (bicyclic) bond motifs is 1. The van der Waals surface area contributed by atoms with E-state index in [0.717, 1.165) is 57.4 Å². The average Bonchev–Trinajstić information content (AvgIpc) is 3.46. The molecule has 0 saturated carbocycles. The minimum atomic E-state index is 0.0510. The lowest BCUT2D eigenvalue weighted by Crippen LogP contribution is -2.46. The normalized spacial score (nSPS) is 19.9. The van der Waals surface area contributed by atoms with E-state index in [2.05, 4.69) is 57.4 Å². The third kappa shape index (κ3) is 3.87. The molecule has 2 N–H and O–H groups in total. The summed E-state index contributed by atoms with van der Waals surface area (Å²) in [7, 11) is 0. The Morgan fingerprint density at radius 1 is 1.16 bits per heavy atom. The van der Waals surface area contributed by atoms with Crippen LogP contribution in [0.25, 0.3) is 22.2 Å². The van der Waals surface area contributed by atoms with Crippen molar-refractivity contribution in [2.45, 2.75) is 57.9 Å². The van der Waals surface area contributed by atoms with E-state index in [1.54, 1.807) is 0 Å². The maximum atomic E-state index is 12.7. The zero-order chi connectivity index (χ0) is 21.4. The topological polar surface area (TPSA) is 61.0 Å². The highest BCUT2D eigenvalue weighted by Crippen LogP contribution is 2.35. The van der Waals surface area contributed by atoms with Gasteiger partial charge in [0.1, 0.15) is 0 Å². The molecule has 0 radical (unpaired) electrons. The summed E-state index contributed by atoms with van der Waals surface area (Å²) in [6.07, 6.45) is 7.07. The Bertz CT molecular complexity index is 1090. The van der Waals surface area contributed by atoms with Gasteiger partial charge in [-0.1, -0.05) is 13.0 Å². The average molecular weight is 417 g/mol. The van der Waals surface area contributed by atoms with Gasteiger partial charge in [-0.2, -0.15) is 0 Å². The summed E-state index contributed by atoms with van der Waals surface area (Å²) in [5, 5.41) is 4.68. The predicted molar refractivity (Wildman–Crippen MR) is 125 cm³/mol. The molecule has 31 heavy (non-hydrogen) atoms. The van der Waals surface area contributed by atoms with E-state index in [1.165, 1.54) is 33.3 Å². The largest absolute Gasteiger partial charge is 0.354 e. The molecule has 162 valence electrons. The molecule has 2 aliphatic rings. The van der Waals surface area contributed by atoms with Crippen LogP contribution in [-0.4, -0.2) is 46.5 Å². The van der Waals surface area contributed by atoms with Gasteiger partial charge in [-0.15, -0.1) is 0 Å². The van der Waals surface area contributed by atoms with Crippen molar-refractivity contribution >= 4 is 16.8 Å². The van der Waals surface area contributed by atoms with Crippen molar-refractivity contribution in [2.24, 2.45) is 0 Å². The number of hydrogen-bond donors (Lipinski definition) is 2. The minimum Gasteiger partial charge on any atom is -0.354 e. The molecule has 1 aromatic carbocycles. The van der Waals surface area contributed by atoms with Gasteiger partial charge in [-0.3, -0.25) is 9.78 Å². The molecule has 5 nitrogen and oxygen atoms in total. The Balaban J connectivity index is 1.37. The van der Waals surface area contributed by atoms with Gasteiger partial charge < -0.3 is 15.2 Å². The minimum absolute atomic E-state index is 0.0510. The first kappa shape index (κ1) is 20.3. The van der Waals surface area contributed by atoms with Gasteiger partial charge in [-0.05, 0) is 86.9 Å². The maximum absolute atomic E-state index is 12.7. The quantitative estimate of drug-likeness (QED) is 0.655. The Morgan fingerprint density at radius 2 is 2.00 bits per heavy atom. The van der Waals surface area contributed by atoms with Crippen LogP contribution in [0.5, 0.6) is 0 Å². The van der Waals surface area contributed by atoms with Crippen LogP contribution in [0.15, 0.2) is 36.5 Å². The Labute approximate surface area is 184 Å². The molecule has 2 aromatic heterocycles. The van der Waals surface area contributed by atoms with Crippen molar-refractivity contribution in [2.75, 3.05) is 19.6 Å². The number of nitrogens with one attached hydrogen (secondary N) is 2. The van der Waals surface area contributed by atoms with Crippen molar-refractivity contribution in [1.82, 2.24) is 20.2 Å². The molecule has 1 amide bonds. The number of pyridine rings is 1. The Hall–Kier alpha value is -2.66. The van der Waals surface area contributed by atoms with E-state index < -0.39 is 0 Å². The third-order valence-electron chi connectivity index (χ3n) is 7.11. The van der Waals surface area contributed by atoms with Gasteiger partial charge in [0.15, 0.2) is 0 Å². The van der Waals surface area contributed by atoms with Crippen LogP contribution >= 0.6 is 0 Å². The van der Waals surface area contributed by atoms with Crippen LogP contribution in [0, 0.1) is 6.92 Å². The van der Waals surface area contributed by atoms with Crippen molar-refractivity contribution < 1.29 is 4.79 Å². The Kier molecular flexibility index (Phi) is 5.53. The van der Waals surface area contributed by atoms with Crippen molar-refractivity contribution in [3.63, 3.8) is 0 Å². The highest BCUT2D eigenvalue weighted by Gasteiger charge is 2.30. The van der Waals surface area contributed by atoms with E-state index in [4.69, 9.17) is 0 Å². The van der Waals surface area contributed by atoms with E-state index in [0.29, 0.717) is 11.8 Å². The van der Waals surface area contributed by atoms with Gasteiger partial charge in [-0.25, -0.2) is 0 Å². The predicted octanol–water partition coefficient (Wildman–Crippen LogP) is 4.56. The molecule has 2 fully saturated rings. The van der Waals surface area contributed by atoms with Crippen LogP contribution in [0.3, 0.4) is 0 Å². The zero-order valence-electron chi connectivity index (χ0n) is 18.6. The third-order valence-corrected chi connectivity index (χ3v) is 7.11. The lowest BCUT2D eigenvalue weighted by atomic mass is 9.88. The molecule has 0 spiro atoms. The molecular weight excluding hydrogens is 384 g/mol. The van der Waals surface area contributed by atoms with Gasteiger partial charge >= 0.3 is 0 Å². The molecule has 5 heteroatoms. The number of amides is 1. The number of likely N-dealkylation sites (tertiary alicyclic amines) is 1. The number of benzene rings is 1. The second-order valence-corrected chi connectivity index (χ2v) is 9.07. The number of carbonyl (C=O) groups excluding carboxylic acids is 1. The van der Waals surface area contributed by atoms with Crippen LogP contribution in [0.2, 0.25) is 0 Å². The number of carbonyl (C=O) groups is 1. The van der Waals surface area contributed by atoms with Gasteiger partial charge in [0.25, 0.3) is 0 Å². The summed E-state index contributed by atoms with van der Waals surface area (Å²) in [6.45, 7) is 6.98. The number of aryl methyl sites for hydroxylation is 2. The van der Waals surface area contributed by atoms with Crippen LogP contribution in [0.4, 0.5) is 0 Å². The lowest BCUT2D eigenvalue weighted by molar-refractivity contribution is -0.134. The number of aromatic amines is 1. The smallest absolute Gasteiger partial charge is 0.239 e. The Morgan fingerprint density at radius 3 is 2.71 bits per heavy atom. The number of H-pyrrole nitrogens is 1. The fourth-order valence-electron chi connectivity index (χ4n) is 5.38. The first-order chi connectivity index (χ1) is 15.1. The molecule has 4 heterocycles. The molecule has 3 aromatic rings. The fraction of sp³-hybridized carbons (Fsp3) is 0.462. The van der Waals surface area contributed by atoms with Crippen molar-refractivity contribution in [3.8, 4) is 11.3 Å². The number of piperidine rings is 1. The monoisotopic (exact) mass is 416 g/mol. The number of hydrogen-bond acceptors (Lipinski definition) is 3. The summed E-state index contributed by atoms with van der Waals surface area (Å²) in [6, 6.07) is 11.2. The summed E-state index contributed by atoms with van der Waals surface area (Å²) < 4.78 is 0. The molecule has 2 saturated heterocycles. The first-order valence-corrected chi connectivity index (χ1v) is 11.7. The fourth-order valence-corrected chi connectivity index (χ4v) is 5.38. The van der Waals surface area contributed by atoms with Gasteiger partial charge in [0, 0.05) is 47.1 Å². The molecule has 0 bridgehead atoms. The summed E-state index contributed by atoms with van der Waals surface area (Å²) in [5.74, 6) is 0.832. The van der Waals surface area contributed by atoms with Crippen LogP contribution < -0.4 is 5.32 Å². The molecule has 0 aliphatic carbocycles. The second kappa shape index (κ2) is 8.46. The summed E-state index contributed by atoms with van der Waals surface area (Å²) in [4.78, 5) is 22.8. The second-order valence-electron chi connectivity index (χ2n) is 9.07. The van der Waals surface area contributed by atoms with Crippen LogP contribution in [-0.2, 0) is 11.2 Å². The number of aromatic nitrogens is 2. The lowest BCUT2D eigenvalue weighted by Gasteiger charge is -2.33. The van der Waals surface area contributed by atoms with E-state index in [1.807, 2.05) is 13.1 Å². The summed E-state index contributed by atoms with van der Waals surface area (Å²) >= 11 is 0. The maximum Gasteiger partial charge on any atom is 0.239 e. The standard InChI is InChI=1S/C26H32N4O/c1-3-21-22-16-19(6-7-23(22)29-25(21)20-8-12-27-17(2)15-20)18-9-13-30(14-10-18)26(31)24-5-4-11-28-24/h6-8,12,15-16,18,24,28-29H,3-5,9-11,13-14H2,1-2H3/t24-/m0/s1. The number of rotatable bonds is 4. The van der Waals surface area contributed by atoms with Crippen molar-refractivity contribution in [3.05, 3.63) is 53.3 Å².